The molecular formula is C12H17N3O3S. The zero-order valence-electron chi connectivity index (χ0n) is 10.6. The number of hydrogen-bond donors (Lipinski definition) is 3. The predicted octanol–water partition coefficient (Wildman–Crippen LogP) is 1.00. The molecule has 0 radical (unpaired) electrons. The largest absolute Gasteiger partial charge is 0.396 e. The van der Waals surface area contributed by atoms with E-state index in [1.165, 1.54) is 6.20 Å². The first-order valence-corrected chi connectivity index (χ1v) is 7.58. The molecule has 0 amide bonds. The second-order valence-corrected chi connectivity index (χ2v) is 6.12. The number of aromatic amines is 1. The molecule has 0 saturated heterocycles. The number of aromatic nitrogens is 2. The van der Waals surface area contributed by atoms with Crippen LogP contribution >= 0.6 is 0 Å². The Hall–Kier alpha value is -1.44. The average molecular weight is 283 g/mol. The molecule has 2 heterocycles. The Kier molecular flexibility index (Phi) is 4.18. The zero-order valence-corrected chi connectivity index (χ0v) is 11.4. The van der Waals surface area contributed by atoms with Crippen LogP contribution in [0.4, 0.5) is 0 Å². The molecule has 1 atom stereocenters. The highest BCUT2D eigenvalue weighted by molar-refractivity contribution is 7.89. The minimum absolute atomic E-state index is 0.0586. The van der Waals surface area contributed by atoms with Gasteiger partial charge >= 0.3 is 0 Å². The first kappa shape index (κ1) is 14.0. The van der Waals surface area contributed by atoms with Crippen molar-refractivity contribution in [1.29, 1.82) is 0 Å². The Balaban J connectivity index is 2.24. The van der Waals surface area contributed by atoms with E-state index in [-0.39, 0.29) is 17.5 Å². The summed E-state index contributed by atoms with van der Waals surface area (Å²) >= 11 is 0. The van der Waals surface area contributed by atoms with Crippen molar-refractivity contribution in [3.05, 3.63) is 24.5 Å². The lowest BCUT2D eigenvalue weighted by Crippen LogP contribution is -2.32. The molecule has 104 valence electrons. The summed E-state index contributed by atoms with van der Waals surface area (Å²) in [5, 5.41) is 9.32. The maximum Gasteiger partial charge on any atom is 0.242 e. The van der Waals surface area contributed by atoms with E-state index in [0.717, 1.165) is 0 Å². The third-order valence-electron chi connectivity index (χ3n) is 2.85. The summed E-state index contributed by atoms with van der Waals surface area (Å²) < 4.78 is 27.1. The van der Waals surface area contributed by atoms with Crippen LogP contribution in [0.25, 0.3) is 11.0 Å². The summed E-state index contributed by atoms with van der Waals surface area (Å²) in [6, 6.07) is 3.19. The molecule has 2 rings (SSSR count). The number of nitrogens with zero attached hydrogens (tertiary/aromatic N) is 1. The van der Waals surface area contributed by atoms with Crippen molar-refractivity contribution in [2.24, 2.45) is 0 Å². The average Bonchev–Trinajstić information content (AvgIpc) is 2.80. The fourth-order valence-corrected chi connectivity index (χ4v) is 3.38. The summed E-state index contributed by atoms with van der Waals surface area (Å²) in [7, 11) is -3.58. The molecule has 7 heteroatoms. The van der Waals surface area contributed by atoms with Gasteiger partial charge < -0.3 is 10.1 Å². The summed E-state index contributed by atoms with van der Waals surface area (Å²) in [5.41, 5.74) is 0.547. The Morgan fingerprint density at radius 2 is 2.32 bits per heavy atom. The maximum atomic E-state index is 12.3. The molecule has 1 unspecified atom stereocenters. The van der Waals surface area contributed by atoms with E-state index in [0.29, 0.717) is 23.9 Å². The number of pyridine rings is 1. The quantitative estimate of drug-likeness (QED) is 0.737. The van der Waals surface area contributed by atoms with Gasteiger partial charge in [0.05, 0.1) is 0 Å². The molecule has 0 fully saturated rings. The molecule has 3 N–H and O–H groups in total. The van der Waals surface area contributed by atoms with Gasteiger partial charge in [-0.2, -0.15) is 0 Å². The first-order valence-electron chi connectivity index (χ1n) is 6.10. The van der Waals surface area contributed by atoms with Crippen LogP contribution in [0, 0.1) is 0 Å². The number of H-pyrrole nitrogens is 1. The number of aliphatic hydroxyl groups excluding tert-OH is 1. The topological polar surface area (TPSA) is 95.1 Å². The highest BCUT2D eigenvalue weighted by Gasteiger charge is 2.21. The molecule has 2 aromatic heterocycles. The van der Waals surface area contributed by atoms with E-state index in [1.54, 1.807) is 25.3 Å². The fourth-order valence-electron chi connectivity index (χ4n) is 1.94. The van der Waals surface area contributed by atoms with Gasteiger partial charge in [-0.15, -0.1) is 0 Å². The fraction of sp³-hybridized carbons (Fsp3) is 0.417. The molecule has 0 saturated carbocycles. The number of fused-ring (bicyclic) bond motifs is 1. The van der Waals surface area contributed by atoms with Crippen LogP contribution in [-0.2, 0) is 10.0 Å². The Labute approximate surface area is 111 Å². The minimum atomic E-state index is -3.58. The van der Waals surface area contributed by atoms with E-state index in [1.807, 2.05) is 0 Å². The molecule has 0 spiro atoms. The van der Waals surface area contributed by atoms with E-state index in [9.17, 15) is 8.42 Å². The van der Waals surface area contributed by atoms with Crippen molar-refractivity contribution in [1.82, 2.24) is 14.7 Å². The Bertz CT molecular complexity index is 651. The zero-order chi connectivity index (χ0) is 13.9. The van der Waals surface area contributed by atoms with Crippen LogP contribution in [0.15, 0.2) is 29.4 Å². The van der Waals surface area contributed by atoms with Crippen molar-refractivity contribution >= 4 is 21.1 Å². The number of aliphatic hydroxyl groups is 1. The lowest BCUT2D eigenvalue weighted by molar-refractivity contribution is 0.279. The van der Waals surface area contributed by atoms with Crippen LogP contribution < -0.4 is 4.72 Å². The second kappa shape index (κ2) is 5.68. The van der Waals surface area contributed by atoms with Gasteiger partial charge in [0.2, 0.25) is 10.0 Å². The van der Waals surface area contributed by atoms with E-state index >= 15 is 0 Å². The molecular weight excluding hydrogens is 266 g/mol. The van der Waals surface area contributed by atoms with E-state index < -0.39 is 10.0 Å². The lowest BCUT2D eigenvalue weighted by Gasteiger charge is -2.12. The van der Waals surface area contributed by atoms with Gasteiger partial charge in [-0.3, -0.25) is 0 Å². The van der Waals surface area contributed by atoms with Gasteiger partial charge in [0.25, 0.3) is 0 Å². The second-order valence-electron chi connectivity index (χ2n) is 4.44. The third-order valence-corrected chi connectivity index (χ3v) is 4.48. The smallest absolute Gasteiger partial charge is 0.242 e. The van der Waals surface area contributed by atoms with Crippen LogP contribution in [0.1, 0.15) is 19.8 Å². The molecule has 19 heavy (non-hydrogen) atoms. The first-order chi connectivity index (χ1) is 9.04. The van der Waals surface area contributed by atoms with Crippen molar-refractivity contribution in [3.63, 3.8) is 0 Å². The summed E-state index contributed by atoms with van der Waals surface area (Å²) in [6.45, 7) is 1.84. The normalized spacial score (nSPS) is 13.8. The van der Waals surface area contributed by atoms with Gasteiger partial charge in [-0.25, -0.2) is 18.1 Å². The van der Waals surface area contributed by atoms with Crippen molar-refractivity contribution in [2.75, 3.05) is 6.61 Å². The Morgan fingerprint density at radius 1 is 1.53 bits per heavy atom. The molecule has 2 aromatic rings. The highest BCUT2D eigenvalue weighted by Crippen LogP contribution is 2.21. The highest BCUT2D eigenvalue weighted by atomic mass is 32.2. The van der Waals surface area contributed by atoms with E-state index in [2.05, 4.69) is 14.7 Å². The molecule has 0 aliphatic rings. The van der Waals surface area contributed by atoms with Gasteiger partial charge in [0, 0.05) is 30.4 Å². The van der Waals surface area contributed by atoms with Gasteiger partial charge in [-0.1, -0.05) is 0 Å². The molecule has 0 aliphatic heterocycles. The van der Waals surface area contributed by atoms with Crippen molar-refractivity contribution in [3.8, 4) is 0 Å². The Morgan fingerprint density at radius 3 is 3.05 bits per heavy atom. The van der Waals surface area contributed by atoms with Gasteiger partial charge in [0.1, 0.15) is 10.5 Å². The molecule has 6 nitrogen and oxygen atoms in total. The van der Waals surface area contributed by atoms with Crippen molar-refractivity contribution in [2.45, 2.75) is 30.7 Å². The van der Waals surface area contributed by atoms with Crippen molar-refractivity contribution < 1.29 is 13.5 Å². The lowest BCUT2D eigenvalue weighted by atomic mass is 10.2. The monoisotopic (exact) mass is 283 g/mol. The number of sulfonamides is 1. The minimum Gasteiger partial charge on any atom is -0.396 e. The number of rotatable bonds is 6. The van der Waals surface area contributed by atoms with Gasteiger partial charge in [-0.05, 0) is 31.9 Å². The molecule has 0 bridgehead atoms. The van der Waals surface area contributed by atoms with Crippen LogP contribution in [0.5, 0.6) is 0 Å². The summed E-state index contributed by atoms with van der Waals surface area (Å²) in [4.78, 5) is 7.10. The number of hydrogen-bond acceptors (Lipinski definition) is 4. The number of nitrogens with one attached hydrogen (secondary N) is 2. The third kappa shape index (κ3) is 3.12. The van der Waals surface area contributed by atoms with Crippen LogP contribution in [0.2, 0.25) is 0 Å². The summed E-state index contributed by atoms with van der Waals surface area (Å²) in [5.74, 6) is 0. The standard InChI is InChI=1S/C12H17N3O3S/c1-9(4-3-7-16)15-19(17,18)11-8-14-12-10(11)5-2-6-13-12/h2,5-6,8-9,15-16H,3-4,7H2,1H3,(H,13,14). The SMILES string of the molecule is CC(CCCO)NS(=O)(=O)c1c[nH]c2ncccc12. The van der Waals surface area contributed by atoms with Gasteiger partial charge in [0.15, 0.2) is 0 Å². The molecule has 0 aromatic carbocycles. The predicted molar refractivity (Wildman–Crippen MR) is 72.2 cm³/mol. The molecule has 0 aliphatic carbocycles. The van der Waals surface area contributed by atoms with E-state index in [4.69, 9.17) is 5.11 Å². The van der Waals surface area contributed by atoms with Crippen LogP contribution in [0.3, 0.4) is 0 Å². The summed E-state index contributed by atoms with van der Waals surface area (Å²) in [6.07, 6.45) is 4.21. The van der Waals surface area contributed by atoms with Crippen LogP contribution in [-0.4, -0.2) is 36.1 Å². The maximum absolute atomic E-state index is 12.3.